The van der Waals surface area contributed by atoms with Gasteiger partial charge in [-0.2, -0.15) is 0 Å². The van der Waals surface area contributed by atoms with Crippen LogP contribution in [-0.4, -0.2) is 80.4 Å². The van der Waals surface area contributed by atoms with Crippen molar-refractivity contribution in [3.05, 3.63) is 18.0 Å². The molecule has 27 heavy (non-hydrogen) atoms. The molecule has 0 atom stereocenters. The van der Waals surface area contributed by atoms with Gasteiger partial charge in [-0.1, -0.05) is 5.16 Å². The number of rotatable bonds is 7. The SMILES string of the molecule is CCNC(=NCC(C)(C)NS(C)(=O)=O)N1CCN(Cc2ccon2)CC1.I. The molecule has 0 aliphatic carbocycles. The van der Waals surface area contributed by atoms with Crippen molar-refractivity contribution in [2.75, 3.05) is 45.5 Å². The van der Waals surface area contributed by atoms with Crippen LogP contribution in [0, 0.1) is 0 Å². The fourth-order valence-electron chi connectivity index (χ4n) is 2.90. The Morgan fingerprint density at radius 1 is 1.33 bits per heavy atom. The van der Waals surface area contributed by atoms with Crippen LogP contribution in [-0.2, 0) is 16.6 Å². The van der Waals surface area contributed by atoms with Crippen molar-refractivity contribution in [2.24, 2.45) is 4.99 Å². The van der Waals surface area contributed by atoms with Crippen molar-refractivity contribution in [3.63, 3.8) is 0 Å². The zero-order valence-corrected chi connectivity index (χ0v) is 19.6. The summed E-state index contributed by atoms with van der Waals surface area (Å²) < 4.78 is 30.5. The molecule has 0 unspecified atom stereocenters. The second-order valence-corrected chi connectivity index (χ2v) is 8.93. The quantitative estimate of drug-likeness (QED) is 0.314. The first-order valence-corrected chi connectivity index (χ1v) is 10.7. The van der Waals surface area contributed by atoms with Gasteiger partial charge in [0.2, 0.25) is 10.0 Å². The van der Waals surface area contributed by atoms with Crippen LogP contribution in [0.25, 0.3) is 0 Å². The Bertz CT molecular complexity index is 685. The van der Waals surface area contributed by atoms with Crippen LogP contribution in [0.15, 0.2) is 21.8 Å². The van der Waals surface area contributed by atoms with Crippen molar-refractivity contribution in [3.8, 4) is 0 Å². The van der Waals surface area contributed by atoms with E-state index in [4.69, 9.17) is 4.52 Å². The molecule has 156 valence electrons. The Morgan fingerprint density at radius 3 is 2.52 bits per heavy atom. The van der Waals surface area contributed by atoms with E-state index in [1.807, 2.05) is 26.8 Å². The highest BCUT2D eigenvalue weighted by molar-refractivity contribution is 14.0. The van der Waals surface area contributed by atoms with Gasteiger partial charge in [0.05, 0.1) is 18.5 Å². The molecule has 2 N–H and O–H groups in total. The molecule has 1 aromatic rings. The van der Waals surface area contributed by atoms with Crippen molar-refractivity contribution < 1.29 is 12.9 Å². The van der Waals surface area contributed by atoms with Crippen molar-refractivity contribution in [2.45, 2.75) is 32.9 Å². The van der Waals surface area contributed by atoms with Crippen LogP contribution in [0.5, 0.6) is 0 Å². The molecule has 1 aromatic heterocycles. The van der Waals surface area contributed by atoms with E-state index in [1.54, 1.807) is 6.26 Å². The third-order valence-corrected chi connectivity index (χ3v) is 4.89. The summed E-state index contributed by atoms with van der Waals surface area (Å²) in [6.07, 6.45) is 2.76. The number of aliphatic imine (C=N–C) groups is 1. The Kier molecular flexibility index (Phi) is 9.45. The van der Waals surface area contributed by atoms with Crippen LogP contribution in [0.1, 0.15) is 26.5 Å². The number of piperazine rings is 1. The fourth-order valence-corrected chi connectivity index (χ4v) is 3.97. The van der Waals surface area contributed by atoms with E-state index in [2.05, 4.69) is 30.0 Å². The molecule has 1 aliphatic rings. The highest BCUT2D eigenvalue weighted by atomic mass is 127. The summed E-state index contributed by atoms with van der Waals surface area (Å²) in [5.74, 6) is 0.817. The standard InChI is InChI=1S/C16H30N6O3S.HI/c1-5-17-15(18-13-16(2,3)20-26(4,23)24)22-9-7-21(8-10-22)12-14-6-11-25-19-14;/h6,11,20H,5,7-10,12-13H2,1-4H3,(H,17,18);1H. The number of hydrogen-bond donors (Lipinski definition) is 2. The van der Waals surface area contributed by atoms with Crippen LogP contribution in [0.4, 0.5) is 0 Å². The molecule has 0 radical (unpaired) electrons. The van der Waals surface area contributed by atoms with Gasteiger partial charge in [-0.05, 0) is 20.8 Å². The van der Waals surface area contributed by atoms with Gasteiger partial charge in [0.25, 0.3) is 0 Å². The summed E-state index contributed by atoms with van der Waals surface area (Å²) in [5.41, 5.74) is 0.302. The monoisotopic (exact) mass is 514 g/mol. The molecule has 9 nitrogen and oxygen atoms in total. The van der Waals surface area contributed by atoms with Gasteiger partial charge in [0.1, 0.15) is 6.26 Å². The van der Waals surface area contributed by atoms with E-state index < -0.39 is 15.6 Å². The van der Waals surface area contributed by atoms with Crippen LogP contribution in [0.2, 0.25) is 0 Å². The van der Waals surface area contributed by atoms with Crippen LogP contribution >= 0.6 is 24.0 Å². The number of guanidine groups is 1. The highest BCUT2D eigenvalue weighted by Crippen LogP contribution is 2.09. The van der Waals surface area contributed by atoms with Gasteiger partial charge >= 0.3 is 0 Å². The van der Waals surface area contributed by atoms with Gasteiger partial charge < -0.3 is 14.7 Å². The lowest BCUT2D eigenvalue weighted by Crippen LogP contribution is -2.53. The zero-order chi connectivity index (χ0) is 19.2. The zero-order valence-electron chi connectivity index (χ0n) is 16.4. The Balaban J connectivity index is 0.00000364. The summed E-state index contributed by atoms with van der Waals surface area (Å²) in [4.78, 5) is 9.19. The maximum absolute atomic E-state index is 11.5. The molecular formula is C16H31IN6O3S. The van der Waals surface area contributed by atoms with Crippen molar-refractivity contribution in [1.29, 1.82) is 0 Å². The van der Waals surface area contributed by atoms with E-state index in [0.29, 0.717) is 6.54 Å². The Morgan fingerprint density at radius 2 is 2.00 bits per heavy atom. The first-order chi connectivity index (χ1) is 12.2. The number of sulfonamides is 1. The summed E-state index contributed by atoms with van der Waals surface area (Å²) in [6.45, 7) is 11.1. The maximum Gasteiger partial charge on any atom is 0.209 e. The maximum atomic E-state index is 11.5. The lowest BCUT2D eigenvalue weighted by molar-refractivity contribution is 0.169. The van der Waals surface area contributed by atoms with Crippen molar-refractivity contribution >= 4 is 40.0 Å². The Labute approximate surface area is 179 Å². The largest absolute Gasteiger partial charge is 0.364 e. The third kappa shape index (κ3) is 8.75. The smallest absolute Gasteiger partial charge is 0.209 e. The van der Waals surface area contributed by atoms with Gasteiger partial charge in [-0.25, -0.2) is 13.1 Å². The van der Waals surface area contributed by atoms with Crippen molar-refractivity contribution in [1.82, 2.24) is 25.0 Å². The van der Waals surface area contributed by atoms with E-state index in [9.17, 15) is 8.42 Å². The first-order valence-electron chi connectivity index (χ1n) is 8.82. The molecule has 1 aliphatic heterocycles. The minimum absolute atomic E-state index is 0. The molecular weight excluding hydrogens is 483 g/mol. The Hall–Kier alpha value is -0.920. The molecule has 11 heteroatoms. The normalized spacial score (nSPS) is 16.9. The molecule has 1 saturated heterocycles. The third-order valence-electron chi connectivity index (χ3n) is 3.97. The molecule has 0 saturated carbocycles. The van der Waals surface area contributed by atoms with E-state index >= 15 is 0 Å². The second-order valence-electron chi connectivity index (χ2n) is 7.18. The van der Waals surface area contributed by atoms with E-state index in [0.717, 1.165) is 57.2 Å². The fraction of sp³-hybridized carbons (Fsp3) is 0.750. The molecule has 0 spiro atoms. The van der Waals surface area contributed by atoms with Gasteiger partial charge in [0, 0.05) is 50.9 Å². The molecule has 2 rings (SSSR count). The number of halogens is 1. The predicted octanol–water partition coefficient (Wildman–Crippen LogP) is 0.704. The summed E-state index contributed by atoms with van der Waals surface area (Å²) >= 11 is 0. The molecule has 0 aromatic carbocycles. The molecule has 0 amide bonds. The lowest BCUT2D eigenvalue weighted by atomic mass is 10.1. The predicted molar refractivity (Wildman–Crippen MR) is 117 cm³/mol. The minimum Gasteiger partial charge on any atom is -0.364 e. The average molecular weight is 514 g/mol. The number of nitrogens with one attached hydrogen (secondary N) is 2. The first kappa shape index (κ1) is 24.1. The molecule has 1 fully saturated rings. The summed E-state index contributed by atoms with van der Waals surface area (Å²) in [5, 5.41) is 7.26. The minimum atomic E-state index is -3.27. The molecule has 2 heterocycles. The summed E-state index contributed by atoms with van der Waals surface area (Å²) in [6, 6.07) is 1.88. The van der Waals surface area contributed by atoms with Crippen LogP contribution in [0.3, 0.4) is 0 Å². The number of hydrogen-bond acceptors (Lipinski definition) is 6. The molecule has 0 bridgehead atoms. The van der Waals surface area contributed by atoms with Crippen LogP contribution < -0.4 is 10.0 Å². The lowest BCUT2D eigenvalue weighted by Gasteiger charge is -2.36. The van der Waals surface area contributed by atoms with Gasteiger partial charge in [-0.3, -0.25) is 9.89 Å². The number of nitrogens with zero attached hydrogens (tertiary/aromatic N) is 4. The average Bonchev–Trinajstić information content (AvgIpc) is 3.03. The highest BCUT2D eigenvalue weighted by Gasteiger charge is 2.24. The van der Waals surface area contributed by atoms with Gasteiger partial charge in [0.15, 0.2) is 5.96 Å². The van der Waals surface area contributed by atoms with Gasteiger partial charge in [-0.15, -0.1) is 24.0 Å². The second kappa shape index (κ2) is 10.6. The number of aromatic nitrogens is 1. The summed E-state index contributed by atoms with van der Waals surface area (Å²) in [7, 11) is -3.27. The van der Waals surface area contributed by atoms with E-state index in [1.165, 1.54) is 0 Å². The topological polar surface area (TPSA) is 103 Å². The van der Waals surface area contributed by atoms with E-state index in [-0.39, 0.29) is 24.0 Å².